The SMILES string of the molecule is Cn1c(-c2ccccc2)nn(C[NH+]2CCCC[C@@H]2c2nc3ccccc3s2)c1=S. The van der Waals surface area contributed by atoms with Gasteiger partial charge in [0.1, 0.15) is 6.04 Å². The summed E-state index contributed by atoms with van der Waals surface area (Å²) >= 11 is 7.56. The average molecular weight is 423 g/mol. The minimum absolute atomic E-state index is 0.408. The molecule has 5 nitrogen and oxygen atoms in total. The molecule has 0 spiro atoms. The van der Waals surface area contributed by atoms with E-state index in [0.29, 0.717) is 6.04 Å². The highest BCUT2D eigenvalue weighted by atomic mass is 32.1. The number of benzene rings is 2. The van der Waals surface area contributed by atoms with Crippen molar-refractivity contribution in [3.8, 4) is 11.4 Å². The van der Waals surface area contributed by atoms with Crippen LogP contribution in [0.3, 0.4) is 0 Å². The second-order valence-corrected chi connectivity index (χ2v) is 9.09. The Kier molecular flexibility index (Phi) is 5.03. The monoisotopic (exact) mass is 422 g/mol. The van der Waals surface area contributed by atoms with E-state index in [1.165, 1.54) is 33.9 Å². The summed E-state index contributed by atoms with van der Waals surface area (Å²) in [6.45, 7) is 1.90. The van der Waals surface area contributed by atoms with Gasteiger partial charge >= 0.3 is 0 Å². The van der Waals surface area contributed by atoms with Crippen molar-refractivity contribution in [2.75, 3.05) is 6.54 Å². The van der Waals surface area contributed by atoms with Crippen LogP contribution < -0.4 is 4.90 Å². The van der Waals surface area contributed by atoms with E-state index in [1.807, 2.05) is 45.8 Å². The van der Waals surface area contributed by atoms with Crippen molar-refractivity contribution < 1.29 is 4.90 Å². The molecule has 0 bridgehead atoms. The van der Waals surface area contributed by atoms with Crippen molar-refractivity contribution in [3.63, 3.8) is 0 Å². The summed E-state index contributed by atoms with van der Waals surface area (Å²) in [4.78, 5) is 6.46. The van der Waals surface area contributed by atoms with Crippen molar-refractivity contribution in [1.82, 2.24) is 19.3 Å². The fourth-order valence-electron chi connectivity index (χ4n) is 4.23. The number of thiazole rings is 1. The number of piperidine rings is 1. The van der Waals surface area contributed by atoms with E-state index in [2.05, 4.69) is 36.4 Å². The maximum atomic E-state index is 5.73. The van der Waals surface area contributed by atoms with Gasteiger partial charge in [-0.3, -0.25) is 0 Å². The molecule has 1 saturated heterocycles. The Bertz CT molecular complexity index is 1160. The number of nitrogens with zero attached hydrogens (tertiary/aromatic N) is 4. The zero-order valence-electron chi connectivity index (χ0n) is 16.4. The van der Waals surface area contributed by atoms with Crippen molar-refractivity contribution in [1.29, 1.82) is 0 Å². The van der Waals surface area contributed by atoms with Gasteiger partial charge in [-0.05, 0) is 37.2 Å². The summed E-state index contributed by atoms with van der Waals surface area (Å²) in [5.41, 5.74) is 2.20. The van der Waals surface area contributed by atoms with E-state index >= 15 is 0 Å². The van der Waals surface area contributed by atoms with E-state index in [4.69, 9.17) is 22.3 Å². The molecule has 7 heteroatoms. The summed E-state index contributed by atoms with van der Waals surface area (Å²) in [6, 6.07) is 19.1. The van der Waals surface area contributed by atoms with Gasteiger partial charge in [-0.1, -0.05) is 42.5 Å². The van der Waals surface area contributed by atoms with Crippen molar-refractivity contribution in [2.45, 2.75) is 32.0 Å². The fourth-order valence-corrected chi connectivity index (χ4v) is 5.58. The topological polar surface area (TPSA) is 40.1 Å². The van der Waals surface area contributed by atoms with Crippen LogP contribution in [0.5, 0.6) is 0 Å². The molecule has 148 valence electrons. The molecule has 0 radical (unpaired) electrons. The van der Waals surface area contributed by atoms with Gasteiger partial charge in [0.25, 0.3) is 0 Å². The van der Waals surface area contributed by atoms with Crippen LogP contribution in [0.1, 0.15) is 30.3 Å². The summed E-state index contributed by atoms with van der Waals surface area (Å²) in [7, 11) is 2.00. The van der Waals surface area contributed by atoms with E-state index < -0.39 is 0 Å². The Hall–Kier alpha value is -2.35. The summed E-state index contributed by atoms with van der Waals surface area (Å²) in [5.74, 6) is 0.920. The first-order valence-corrected chi connectivity index (χ1v) is 11.3. The number of para-hydroxylation sites is 1. The van der Waals surface area contributed by atoms with Crippen LogP contribution in [0.4, 0.5) is 0 Å². The lowest BCUT2D eigenvalue weighted by Gasteiger charge is -2.30. The Balaban J connectivity index is 1.46. The quantitative estimate of drug-likeness (QED) is 0.506. The molecule has 4 aromatic rings. The molecule has 1 unspecified atom stereocenters. The van der Waals surface area contributed by atoms with Crippen molar-refractivity contribution in [3.05, 3.63) is 64.4 Å². The highest BCUT2D eigenvalue weighted by molar-refractivity contribution is 7.71. The first kappa shape index (κ1) is 18.7. The summed E-state index contributed by atoms with van der Waals surface area (Å²) in [5, 5.41) is 6.12. The predicted molar refractivity (Wildman–Crippen MR) is 120 cm³/mol. The number of fused-ring (bicyclic) bond motifs is 1. The number of aromatic nitrogens is 4. The van der Waals surface area contributed by atoms with E-state index in [9.17, 15) is 0 Å². The molecule has 3 heterocycles. The number of hydrogen-bond acceptors (Lipinski definition) is 4. The van der Waals surface area contributed by atoms with Gasteiger partial charge in [-0.2, -0.15) is 4.68 Å². The van der Waals surface area contributed by atoms with Gasteiger partial charge in [-0.25, -0.2) is 4.98 Å². The molecule has 1 aliphatic rings. The molecule has 2 atom stereocenters. The molecular formula is C22H24N5S2+. The lowest BCUT2D eigenvalue weighted by molar-refractivity contribution is -0.959. The lowest BCUT2D eigenvalue weighted by atomic mass is 10.0. The standard InChI is InChI=1S/C22H23N5S2/c1-25-20(16-9-3-2-4-10-16)24-27(22(25)28)15-26-14-8-7-12-18(26)21-23-17-11-5-6-13-19(17)29-21/h2-6,9-11,13,18H,7-8,12,14-15H2,1H3/p+1/t18-/m1/s1. The third-order valence-electron chi connectivity index (χ3n) is 5.77. The Morgan fingerprint density at radius 1 is 1.10 bits per heavy atom. The van der Waals surface area contributed by atoms with Crippen LogP contribution >= 0.6 is 23.6 Å². The number of likely N-dealkylation sites (tertiary alicyclic amines) is 1. The normalized spacial score (nSPS) is 19.6. The molecule has 1 fully saturated rings. The van der Waals surface area contributed by atoms with E-state index in [0.717, 1.165) is 34.9 Å². The molecule has 1 aliphatic heterocycles. The molecule has 2 aromatic carbocycles. The molecule has 0 saturated carbocycles. The molecule has 5 rings (SSSR count). The van der Waals surface area contributed by atoms with Crippen LogP contribution in [-0.2, 0) is 13.7 Å². The zero-order valence-corrected chi connectivity index (χ0v) is 18.0. The number of hydrogen-bond donors (Lipinski definition) is 1. The van der Waals surface area contributed by atoms with Crippen LogP contribution in [0.15, 0.2) is 54.6 Å². The van der Waals surface area contributed by atoms with Crippen LogP contribution in [0.25, 0.3) is 21.6 Å². The molecule has 0 aliphatic carbocycles. The second kappa shape index (κ2) is 7.82. The van der Waals surface area contributed by atoms with Crippen molar-refractivity contribution >= 4 is 33.8 Å². The molecule has 29 heavy (non-hydrogen) atoms. The molecule has 0 amide bonds. The summed E-state index contributed by atoms with van der Waals surface area (Å²) < 4.78 is 6.05. The second-order valence-electron chi connectivity index (χ2n) is 7.67. The van der Waals surface area contributed by atoms with Gasteiger partial charge in [0, 0.05) is 19.0 Å². The smallest absolute Gasteiger partial charge is 0.202 e. The largest absolute Gasteiger partial charge is 0.308 e. The third-order valence-corrected chi connectivity index (χ3v) is 7.40. The van der Waals surface area contributed by atoms with Crippen LogP contribution in [0, 0.1) is 4.77 Å². The van der Waals surface area contributed by atoms with Gasteiger partial charge in [0.2, 0.25) is 4.77 Å². The van der Waals surface area contributed by atoms with E-state index in [1.54, 1.807) is 0 Å². The minimum atomic E-state index is 0.408. The molecular weight excluding hydrogens is 398 g/mol. The Morgan fingerprint density at radius 2 is 1.90 bits per heavy atom. The molecule has 2 aromatic heterocycles. The predicted octanol–water partition coefficient (Wildman–Crippen LogP) is 4.00. The fraction of sp³-hybridized carbons (Fsp3) is 0.318. The Morgan fingerprint density at radius 3 is 2.72 bits per heavy atom. The molecule has 1 N–H and O–H groups in total. The first-order valence-electron chi connectivity index (χ1n) is 10.1. The average Bonchev–Trinajstić information content (AvgIpc) is 3.31. The van der Waals surface area contributed by atoms with Crippen molar-refractivity contribution in [2.24, 2.45) is 7.05 Å². The number of nitrogens with one attached hydrogen (secondary N) is 1. The van der Waals surface area contributed by atoms with Gasteiger partial charge < -0.3 is 9.47 Å². The highest BCUT2D eigenvalue weighted by Crippen LogP contribution is 2.28. The maximum absolute atomic E-state index is 5.73. The van der Waals surface area contributed by atoms with Gasteiger partial charge in [0.15, 0.2) is 17.5 Å². The lowest BCUT2D eigenvalue weighted by Crippen LogP contribution is -3.12. The van der Waals surface area contributed by atoms with Gasteiger partial charge in [-0.15, -0.1) is 16.4 Å². The number of quaternary nitrogens is 1. The van der Waals surface area contributed by atoms with Gasteiger partial charge in [0.05, 0.1) is 16.8 Å². The maximum Gasteiger partial charge on any atom is 0.202 e. The minimum Gasteiger partial charge on any atom is -0.308 e. The van der Waals surface area contributed by atoms with Crippen LogP contribution in [-0.4, -0.2) is 25.9 Å². The third kappa shape index (κ3) is 3.54. The summed E-state index contributed by atoms with van der Waals surface area (Å²) in [6.07, 6.45) is 3.66. The van der Waals surface area contributed by atoms with Crippen LogP contribution in [0.2, 0.25) is 0 Å². The Labute approximate surface area is 179 Å². The number of rotatable bonds is 4. The zero-order chi connectivity index (χ0) is 19.8. The first-order chi connectivity index (χ1) is 14.2. The van der Waals surface area contributed by atoms with E-state index in [-0.39, 0.29) is 0 Å². The highest BCUT2D eigenvalue weighted by Gasteiger charge is 2.31.